The predicted octanol–water partition coefficient (Wildman–Crippen LogP) is 4.65. The second-order valence-corrected chi connectivity index (χ2v) is 5.09. The molecule has 0 spiro atoms. The molecule has 1 atom stereocenters. The molecule has 0 aliphatic heterocycles. The number of nitrogens with zero attached hydrogens (tertiary/aromatic N) is 1. The molecule has 0 aromatic heterocycles. The zero-order chi connectivity index (χ0) is 11.4. The van der Waals surface area contributed by atoms with E-state index in [0.29, 0.717) is 5.92 Å². The quantitative estimate of drug-likeness (QED) is 0.652. The maximum absolute atomic E-state index is 4.89. The summed E-state index contributed by atoms with van der Waals surface area (Å²) < 4.78 is 0. The molecule has 0 saturated heterocycles. The normalized spacial score (nSPS) is 25.4. The van der Waals surface area contributed by atoms with Crippen LogP contribution in [0.5, 0.6) is 0 Å². The van der Waals surface area contributed by atoms with Gasteiger partial charge in [-0.2, -0.15) is 0 Å². The Balaban J connectivity index is 2.08. The van der Waals surface area contributed by atoms with Gasteiger partial charge in [-0.15, -0.1) is 0 Å². The second-order valence-electron chi connectivity index (χ2n) is 5.09. The zero-order valence-corrected chi connectivity index (χ0v) is 10.6. The van der Waals surface area contributed by atoms with E-state index in [1.165, 1.54) is 61.9 Å². The standard InChI is InChI=1S/C15H23N/c1-3-7-13-10-12(2)11-15(13)16-14-8-5-4-6-9-14/h10-12H,3-9H2,1-2H3. The molecule has 0 aromatic rings. The van der Waals surface area contributed by atoms with E-state index in [1.807, 2.05) is 0 Å². The third-order valence-corrected chi connectivity index (χ3v) is 3.44. The number of allylic oxidation sites excluding steroid dienone is 3. The minimum Gasteiger partial charge on any atom is -0.258 e. The molecule has 1 saturated carbocycles. The van der Waals surface area contributed by atoms with E-state index in [4.69, 9.17) is 4.99 Å². The van der Waals surface area contributed by atoms with Gasteiger partial charge in [-0.05, 0) is 43.6 Å². The summed E-state index contributed by atoms with van der Waals surface area (Å²) in [7, 11) is 0. The summed E-state index contributed by atoms with van der Waals surface area (Å²) in [5.74, 6) is 0.587. The maximum atomic E-state index is 4.89. The Labute approximate surface area is 99.4 Å². The number of hydrogen-bond donors (Lipinski definition) is 0. The van der Waals surface area contributed by atoms with E-state index in [1.54, 1.807) is 0 Å². The van der Waals surface area contributed by atoms with Crippen LogP contribution < -0.4 is 0 Å². The molecule has 0 N–H and O–H groups in total. The lowest BCUT2D eigenvalue weighted by Crippen LogP contribution is -2.05. The van der Waals surface area contributed by atoms with Crippen molar-refractivity contribution in [2.24, 2.45) is 10.9 Å². The van der Waals surface area contributed by atoms with E-state index in [9.17, 15) is 0 Å². The van der Waals surface area contributed by atoms with Crippen LogP contribution in [0.3, 0.4) is 0 Å². The highest BCUT2D eigenvalue weighted by Crippen LogP contribution is 2.29. The first-order valence-electron chi connectivity index (χ1n) is 6.79. The van der Waals surface area contributed by atoms with Crippen molar-refractivity contribution in [3.63, 3.8) is 0 Å². The molecule has 2 aliphatic carbocycles. The minimum absolute atomic E-state index is 0.587. The molecule has 0 radical (unpaired) electrons. The van der Waals surface area contributed by atoms with Crippen LogP contribution in [0.4, 0.5) is 0 Å². The first-order valence-corrected chi connectivity index (χ1v) is 6.79. The van der Waals surface area contributed by atoms with E-state index in [2.05, 4.69) is 26.0 Å². The van der Waals surface area contributed by atoms with Gasteiger partial charge < -0.3 is 0 Å². The van der Waals surface area contributed by atoms with Gasteiger partial charge in [0.1, 0.15) is 0 Å². The lowest BCUT2D eigenvalue weighted by atomic mass is 9.98. The Bertz CT molecular complexity index is 325. The first-order chi connectivity index (χ1) is 7.79. The third-order valence-electron chi connectivity index (χ3n) is 3.44. The number of aliphatic imine (C=N–C) groups is 1. The molecular weight excluding hydrogens is 194 g/mol. The third kappa shape index (κ3) is 2.84. The summed E-state index contributed by atoms with van der Waals surface area (Å²) in [6.07, 6.45) is 13.7. The van der Waals surface area contributed by atoms with Gasteiger partial charge in [-0.3, -0.25) is 4.99 Å². The van der Waals surface area contributed by atoms with E-state index in [0.717, 1.165) is 0 Å². The van der Waals surface area contributed by atoms with Crippen LogP contribution in [0.25, 0.3) is 0 Å². The van der Waals surface area contributed by atoms with Crippen molar-refractivity contribution in [1.82, 2.24) is 0 Å². The molecule has 0 aromatic carbocycles. The first kappa shape index (κ1) is 11.6. The topological polar surface area (TPSA) is 12.4 Å². The average Bonchev–Trinajstić information content (AvgIpc) is 2.61. The highest BCUT2D eigenvalue weighted by molar-refractivity contribution is 5.86. The smallest absolute Gasteiger partial charge is 0.0624 e. The molecule has 0 bridgehead atoms. The van der Waals surface area contributed by atoms with E-state index in [-0.39, 0.29) is 0 Å². The second kappa shape index (κ2) is 5.47. The molecule has 2 rings (SSSR count). The average molecular weight is 217 g/mol. The molecular formula is C15H23N. The van der Waals surface area contributed by atoms with Crippen LogP contribution in [-0.4, -0.2) is 5.71 Å². The Hall–Kier alpha value is -0.850. The number of hydrogen-bond acceptors (Lipinski definition) is 1. The van der Waals surface area contributed by atoms with Gasteiger partial charge in [0.15, 0.2) is 0 Å². The van der Waals surface area contributed by atoms with Crippen molar-refractivity contribution in [3.8, 4) is 0 Å². The highest BCUT2D eigenvalue weighted by Gasteiger charge is 2.15. The summed E-state index contributed by atoms with van der Waals surface area (Å²) in [5.41, 5.74) is 4.20. The fourth-order valence-corrected chi connectivity index (χ4v) is 2.64. The van der Waals surface area contributed by atoms with Crippen molar-refractivity contribution in [3.05, 3.63) is 23.4 Å². The largest absolute Gasteiger partial charge is 0.258 e. The Kier molecular flexibility index (Phi) is 3.98. The molecule has 88 valence electrons. The van der Waals surface area contributed by atoms with Crippen LogP contribution in [0.2, 0.25) is 0 Å². The Morgan fingerprint density at radius 2 is 1.94 bits per heavy atom. The molecule has 1 nitrogen and oxygen atoms in total. The van der Waals surface area contributed by atoms with Crippen molar-refractivity contribution in [2.75, 3.05) is 0 Å². The molecule has 2 aliphatic rings. The lowest BCUT2D eigenvalue weighted by Gasteiger charge is -2.13. The SMILES string of the molecule is CCCC1=CC(C)C=C1N=C1CCCCC1. The van der Waals surface area contributed by atoms with Gasteiger partial charge in [0.25, 0.3) is 0 Å². The molecule has 1 heteroatoms. The van der Waals surface area contributed by atoms with Gasteiger partial charge in [0.2, 0.25) is 0 Å². The lowest BCUT2D eigenvalue weighted by molar-refractivity contribution is 0.666. The van der Waals surface area contributed by atoms with Crippen molar-refractivity contribution < 1.29 is 0 Å². The highest BCUT2D eigenvalue weighted by atomic mass is 14.8. The summed E-state index contributed by atoms with van der Waals surface area (Å²) in [4.78, 5) is 4.89. The molecule has 1 unspecified atom stereocenters. The van der Waals surface area contributed by atoms with Gasteiger partial charge >= 0.3 is 0 Å². The monoisotopic (exact) mass is 217 g/mol. The van der Waals surface area contributed by atoms with Crippen molar-refractivity contribution in [2.45, 2.75) is 58.8 Å². The molecule has 0 heterocycles. The summed E-state index contributed by atoms with van der Waals surface area (Å²) in [5, 5.41) is 0. The maximum Gasteiger partial charge on any atom is 0.0624 e. The van der Waals surface area contributed by atoms with Crippen molar-refractivity contribution >= 4 is 5.71 Å². The zero-order valence-electron chi connectivity index (χ0n) is 10.6. The van der Waals surface area contributed by atoms with Crippen molar-refractivity contribution in [1.29, 1.82) is 0 Å². The van der Waals surface area contributed by atoms with Crippen LogP contribution in [-0.2, 0) is 0 Å². The van der Waals surface area contributed by atoms with Crippen LogP contribution in [0.15, 0.2) is 28.4 Å². The fraction of sp³-hybridized carbons (Fsp3) is 0.667. The van der Waals surface area contributed by atoms with Crippen LogP contribution >= 0.6 is 0 Å². The van der Waals surface area contributed by atoms with Gasteiger partial charge in [-0.25, -0.2) is 0 Å². The van der Waals surface area contributed by atoms with E-state index < -0.39 is 0 Å². The summed E-state index contributed by atoms with van der Waals surface area (Å²) >= 11 is 0. The van der Waals surface area contributed by atoms with Crippen LogP contribution in [0.1, 0.15) is 58.8 Å². The van der Waals surface area contributed by atoms with Gasteiger partial charge in [-0.1, -0.05) is 38.8 Å². The minimum atomic E-state index is 0.587. The van der Waals surface area contributed by atoms with E-state index >= 15 is 0 Å². The fourth-order valence-electron chi connectivity index (χ4n) is 2.64. The summed E-state index contributed by atoms with van der Waals surface area (Å²) in [6, 6.07) is 0. The Morgan fingerprint density at radius 1 is 1.19 bits per heavy atom. The Morgan fingerprint density at radius 3 is 2.62 bits per heavy atom. The molecule has 1 fully saturated rings. The number of rotatable bonds is 3. The van der Waals surface area contributed by atoms with Gasteiger partial charge in [0, 0.05) is 5.71 Å². The van der Waals surface area contributed by atoms with Gasteiger partial charge in [0.05, 0.1) is 5.70 Å². The summed E-state index contributed by atoms with van der Waals surface area (Å²) in [6.45, 7) is 4.50. The van der Waals surface area contributed by atoms with Crippen LogP contribution in [0, 0.1) is 5.92 Å². The molecule has 16 heavy (non-hydrogen) atoms. The predicted molar refractivity (Wildman–Crippen MR) is 70.8 cm³/mol. The molecule has 0 amide bonds.